The zero-order chi connectivity index (χ0) is 23.3. The van der Waals surface area contributed by atoms with E-state index in [1.807, 2.05) is 43.7 Å². The number of pyridine rings is 1. The molecule has 1 aromatic heterocycles. The van der Waals surface area contributed by atoms with Gasteiger partial charge in [-0.25, -0.2) is 0 Å². The molecule has 1 atom stereocenters. The summed E-state index contributed by atoms with van der Waals surface area (Å²) in [6.45, 7) is 6.15. The Morgan fingerprint density at radius 3 is 2.34 bits per heavy atom. The Morgan fingerprint density at radius 1 is 1.03 bits per heavy atom. The number of aromatic nitrogens is 1. The fourth-order valence-electron chi connectivity index (χ4n) is 3.09. The van der Waals surface area contributed by atoms with Gasteiger partial charge in [0.15, 0.2) is 0 Å². The Bertz CT molecular complexity index is 1210. The normalized spacial score (nSPS) is 11.6. The monoisotopic (exact) mass is 514 g/mol. The molecule has 0 spiro atoms. The maximum absolute atomic E-state index is 12.3. The first-order valence-corrected chi connectivity index (χ1v) is 13.7. The molecule has 0 saturated carbocycles. The van der Waals surface area contributed by atoms with E-state index in [0.717, 1.165) is 32.6 Å². The number of carbonyl (C=O) groups is 1. The molecular weight excluding hydrogens is 487 g/mol. The molecule has 3 rings (SSSR count). The molecule has 0 fully saturated rings. The summed E-state index contributed by atoms with van der Waals surface area (Å²) < 4.78 is 28.8. The summed E-state index contributed by atoms with van der Waals surface area (Å²) in [5, 5.41) is 2.59. The molecule has 4 N–H and O–H groups in total. The summed E-state index contributed by atoms with van der Waals surface area (Å²) in [5.41, 5.74) is 11.0. The van der Waals surface area contributed by atoms with Gasteiger partial charge in [0.1, 0.15) is 0 Å². The quantitative estimate of drug-likeness (QED) is 0.410. The van der Waals surface area contributed by atoms with Crippen LogP contribution in [0.5, 0.6) is 0 Å². The molecule has 32 heavy (non-hydrogen) atoms. The third-order valence-corrected chi connectivity index (χ3v) is 8.82. The molecule has 0 aliphatic rings. The number of carbonyl (C=O) groups excluding carboxylic acids is 1. The van der Waals surface area contributed by atoms with Gasteiger partial charge in [0, 0.05) is 0 Å². The average molecular weight is 514 g/mol. The van der Waals surface area contributed by atoms with Gasteiger partial charge in [0.05, 0.1) is 0 Å². The summed E-state index contributed by atoms with van der Waals surface area (Å²) in [4.78, 5) is 16.7. The van der Waals surface area contributed by atoms with Gasteiger partial charge >= 0.3 is 171 Å². The van der Waals surface area contributed by atoms with Crippen LogP contribution in [-0.2, 0) is 16.4 Å². The van der Waals surface area contributed by atoms with Gasteiger partial charge in [0.25, 0.3) is 0 Å². The number of urea groups is 1. The van der Waals surface area contributed by atoms with Gasteiger partial charge < -0.3 is 0 Å². The van der Waals surface area contributed by atoms with Crippen molar-refractivity contribution >= 4 is 46.3 Å². The van der Waals surface area contributed by atoms with E-state index in [4.69, 9.17) is 5.73 Å². The molecular formula is C23H27AsN4O3S. The predicted molar refractivity (Wildman–Crippen MR) is 130 cm³/mol. The number of hydrogen-bond donors (Lipinski definition) is 3. The number of nitrogens with one attached hydrogen (secondary N) is 2. The molecule has 1 heterocycles. The van der Waals surface area contributed by atoms with E-state index in [1.165, 1.54) is 16.5 Å². The van der Waals surface area contributed by atoms with Gasteiger partial charge in [0.2, 0.25) is 0 Å². The Hall–Kier alpha value is -2.83. The molecule has 7 nitrogen and oxygen atoms in total. The number of rotatable bonds is 7. The molecule has 2 amide bonds. The van der Waals surface area contributed by atoms with Gasteiger partial charge in [-0.05, 0) is 6.92 Å². The predicted octanol–water partition coefficient (Wildman–Crippen LogP) is 1.21. The molecule has 0 saturated heterocycles. The van der Waals surface area contributed by atoms with Crippen molar-refractivity contribution < 1.29 is 13.2 Å². The van der Waals surface area contributed by atoms with E-state index >= 15 is 0 Å². The standard InChI is InChI=1S/C23H27AsN4O3S/c1-15-4-10-20(11-5-15)32(30,31)28-23(29)26-13-12-18-6-8-19(9-7-18)24-22-21(25)16(2)14-17(3)27-22/h4-11,14,24H,12-13,25H2,1-3H3,(H2,26,28,29). The topological polar surface area (TPSA) is 114 Å². The summed E-state index contributed by atoms with van der Waals surface area (Å²) in [6, 6.07) is 15.7. The number of nitrogens with two attached hydrogens (primary N) is 1. The Morgan fingerprint density at radius 2 is 1.69 bits per heavy atom. The van der Waals surface area contributed by atoms with Crippen LogP contribution in [0.3, 0.4) is 0 Å². The van der Waals surface area contributed by atoms with Crippen LogP contribution < -0.4 is 24.6 Å². The fourth-order valence-corrected chi connectivity index (χ4v) is 6.47. The summed E-state index contributed by atoms with van der Waals surface area (Å²) in [6.07, 6.45) is 0.586. The van der Waals surface area contributed by atoms with Crippen molar-refractivity contribution in [1.82, 2.24) is 15.0 Å². The van der Waals surface area contributed by atoms with E-state index in [9.17, 15) is 13.2 Å². The van der Waals surface area contributed by atoms with Crippen LogP contribution in [-0.4, -0.2) is 41.7 Å². The van der Waals surface area contributed by atoms with E-state index in [1.54, 1.807) is 12.1 Å². The molecule has 0 aliphatic carbocycles. The molecule has 3 aromatic rings. The Balaban J connectivity index is 1.51. The number of nitrogen functional groups attached to an aromatic ring is 1. The smallest absolute Gasteiger partial charge is 0.0580 e. The van der Waals surface area contributed by atoms with Crippen molar-refractivity contribution in [2.75, 3.05) is 12.3 Å². The summed E-state index contributed by atoms with van der Waals surface area (Å²) >= 11 is -0.641. The number of sulfonamides is 1. The summed E-state index contributed by atoms with van der Waals surface area (Å²) in [7, 11) is -3.89. The molecule has 9 heteroatoms. The van der Waals surface area contributed by atoms with E-state index in [-0.39, 0.29) is 4.90 Å². The summed E-state index contributed by atoms with van der Waals surface area (Å²) in [5.74, 6) is 0. The molecule has 1 unspecified atom stereocenters. The third-order valence-electron chi connectivity index (χ3n) is 4.87. The van der Waals surface area contributed by atoms with Gasteiger partial charge in [-0.1, -0.05) is 17.7 Å². The van der Waals surface area contributed by atoms with Gasteiger partial charge in [-0.15, -0.1) is 0 Å². The number of nitrogens with zero attached hydrogens (tertiary/aromatic N) is 1. The van der Waals surface area contributed by atoms with Crippen molar-refractivity contribution in [2.45, 2.75) is 32.1 Å². The van der Waals surface area contributed by atoms with Crippen molar-refractivity contribution in [3.05, 3.63) is 77.0 Å². The van der Waals surface area contributed by atoms with E-state index in [0.29, 0.717) is 13.0 Å². The number of anilines is 1. The molecule has 0 radical (unpaired) electrons. The van der Waals surface area contributed by atoms with Crippen LogP contribution in [0, 0.1) is 20.8 Å². The first kappa shape index (κ1) is 23.8. The fraction of sp³-hybridized carbons (Fsp3) is 0.217. The molecule has 0 aliphatic heterocycles. The SMILES string of the molecule is Cc1ccc(S(=O)(=O)NC(=O)NCCc2ccc([AsH]c3nc(C)cc(C)c3N)cc2)cc1. The van der Waals surface area contributed by atoms with Crippen molar-refractivity contribution in [2.24, 2.45) is 0 Å². The minimum absolute atomic E-state index is 0.0523. The molecule has 0 bridgehead atoms. The van der Waals surface area contributed by atoms with Crippen LogP contribution in [0.15, 0.2) is 59.5 Å². The minimum Gasteiger partial charge on any atom is -0.0580 e. The first-order chi connectivity index (χ1) is 15.1. The van der Waals surface area contributed by atoms with Crippen LogP contribution in [0.2, 0.25) is 0 Å². The van der Waals surface area contributed by atoms with Crippen LogP contribution in [0.1, 0.15) is 22.4 Å². The second kappa shape index (κ2) is 10.2. The second-order valence-corrected chi connectivity index (χ2v) is 12.0. The zero-order valence-electron chi connectivity index (χ0n) is 18.3. The number of aryl methyl sites for hydroxylation is 3. The Labute approximate surface area is 195 Å². The third kappa shape index (κ3) is 6.34. The Kier molecular flexibility index (Phi) is 7.59. The average Bonchev–Trinajstić information content (AvgIpc) is 2.73. The number of benzene rings is 2. The van der Waals surface area contributed by atoms with Crippen LogP contribution >= 0.6 is 0 Å². The van der Waals surface area contributed by atoms with E-state index in [2.05, 4.69) is 22.4 Å². The van der Waals surface area contributed by atoms with Gasteiger partial charge in [-0.2, -0.15) is 0 Å². The van der Waals surface area contributed by atoms with Crippen molar-refractivity contribution in [3.63, 3.8) is 0 Å². The first-order valence-electron chi connectivity index (χ1n) is 10.1. The van der Waals surface area contributed by atoms with Crippen LogP contribution in [0.25, 0.3) is 0 Å². The molecule has 168 valence electrons. The van der Waals surface area contributed by atoms with Crippen molar-refractivity contribution in [1.29, 1.82) is 0 Å². The van der Waals surface area contributed by atoms with Crippen molar-refractivity contribution in [3.8, 4) is 0 Å². The van der Waals surface area contributed by atoms with E-state index < -0.39 is 31.8 Å². The van der Waals surface area contributed by atoms with Crippen LogP contribution in [0.4, 0.5) is 10.5 Å². The minimum atomic E-state index is -3.89. The number of hydrogen-bond acceptors (Lipinski definition) is 5. The second-order valence-electron chi connectivity index (χ2n) is 7.59. The zero-order valence-corrected chi connectivity index (χ0v) is 21.2. The molecule has 2 aromatic carbocycles. The maximum atomic E-state index is 12.3. The number of amides is 2. The van der Waals surface area contributed by atoms with Gasteiger partial charge in [-0.3, -0.25) is 0 Å².